The van der Waals surface area contributed by atoms with E-state index in [0.29, 0.717) is 12.5 Å². The monoisotopic (exact) mass is 457 g/mol. The van der Waals surface area contributed by atoms with Crippen molar-refractivity contribution in [2.45, 2.75) is 26.0 Å². The Morgan fingerprint density at radius 3 is 2.36 bits per heavy atom. The molecule has 2 aromatic carbocycles. The quantitative estimate of drug-likeness (QED) is 0.390. The highest BCUT2D eigenvalue weighted by atomic mass is 127. The summed E-state index contributed by atoms with van der Waals surface area (Å²) in [6.07, 6.45) is -0.201. The van der Waals surface area contributed by atoms with Crippen molar-refractivity contribution >= 4 is 29.9 Å². The Hall–Kier alpha value is -1.83. The fourth-order valence-corrected chi connectivity index (χ4v) is 2.26. The molecule has 2 atom stereocenters. The van der Waals surface area contributed by atoms with Gasteiger partial charge in [0.05, 0.1) is 12.6 Å². The number of hydrogen-bond donors (Lipinski definition) is 2. The molecule has 0 aliphatic rings. The van der Waals surface area contributed by atoms with Crippen LogP contribution in [0, 0.1) is 5.82 Å². The molecule has 0 amide bonds. The van der Waals surface area contributed by atoms with Crippen LogP contribution in [-0.2, 0) is 0 Å². The second-order valence-corrected chi connectivity index (χ2v) is 5.59. The van der Waals surface area contributed by atoms with Crippen molar-refractivity contribution in [3.63, 3.8) is 0 Å². The van der Waals surface area contributed by atoms with Crippen molar-refractivity contribution in [1.29, 1.82) is 0 Å². The lowest BCUT2D eigenvalue weighted by Crippen LogP contribution is -2.42. The van der Waals surface area contributed by atoms with Crippen LogP contribution >= 0.6 is 24.0 Å². The lowest BCUT2D eigenvalue weighted by Gasteiger charge is -2.21. The zero-order chi connectivity index (χ0) is 17.4. The van der Waals surface area contributed by atoms with Gasteiger partial charge in [-0.3, -0.25) is 4.99 Å². The smallest absolute Gasteiger partial charge is 0.191 e. The zero-order valence-corrected chi connectivity index (χ0v) is 17.0. The molecule has 4 nitrogen and oxygen atoms in total. The Bertz CT molecular complexity index is 667. The van der Waals surface area contributed by atoms with Crippen LogP contribution in [-0.4, -0.2) is 25.7 Å². The highest BCUT2D eigenvalue weighted by molar-refractivity contribution is 14.0. The normalized spacial score (nSPS) is 13.4. The van der Waals surface area contributed by atoms with Gasteiger partial charge in [0.15, 0.2) is 17.5 Å². The van der Waals surface area contributed by atoms with Crippen molar-refractivity contribution in [3.05, 3.63) is 66.0 Å². The summed E-state index contributed by atoms with van der Waals surface area (Å²) in [5.74, 6) is 0.576. The number of nitrogens with zero attached hydrogens (tertiary/aromatic N) is 1. The summed E-state index contributed by atoms with van der Waals surface area (Å²) in [6.45, 7) is 4.46. The maximum atomic E-state index is 13.6. The minimum Gasteiger partial charge on any atom is -0.486 e. The van der Waals surface area contributed by atoms with E-state index in [1.54, 1.807) is 25.2 Å². The van der Waals surface area contributed by atoms with E-state index in [4.69, 9.17) is 4.74 Å². The summed E-state index contributed by atoms with van der Waals surface area (Å²) >= 11 is 0. The first kappa shape index (κ1) is 21.2. The predicted octanol–water partition coefficient (Wildman–Crippen LogP) is 4.14. The lowest BCUT2D eigenvalue weighted by molar-refractivity contribution is 0.214. The number of benzene rings is 2. The maximum absolute atomic E-state index is 13.6. The van der Waals surface area contributed by atoms with E-state index in [1.165, 1.54) is 11.6 Å². The molecule has 0 aromatic heterocycles. The molecule has 25 heavy (non-hydrogen) atoms. The third-order valence-corrected chi connectivity index (χ3v) is 3.60. The molecule has 0 spiro atoms. The molecule has 2 aromatic rings. The standard InChI is InChI=1S/C19H24FN3O.HI/c1-14(24-18-12-8-7-11-17(18)20)13-22-19(21-3)23-15(2)16-9-5-4-6-10-16;/h4-12,14-15H,13H2,1-3H3,(H2,21,22,23);1H. The molecule has 0 bridgehead atoms. The van der Waals surface area contributed by atoms with Gasteiger partial charge in [-0.15, -0.1) is 24.0 Å². The molecule has 0 saturated carbocycles. The highest BCUT2D eigenvalue weighted by Crippen LogP contribution is 2.16. The number of hydrogen-bond acceptors (Lipinski definition) is 2. The predicted molar refractivity (Wildman–Crippen MR) is 111 cm³/mol. The van der Waals surface area contributed by atoms with Crippen LogP contribution in [0.25, 0.3) is 0 Å². The van der Waals surface area contributed by atoms with Gasteiger partial charge in [-0.2, -0.15) is 0 Å². The molecule has 0 saturated heterocycles. The first-order chi connectivity index (χ1) is 11.6. The number of para-hydroxylation sites is 1. The van der Waals surface area contributed by atoms with E-state index in [1.807, 2.05) is 25.1 Å². The summed E-state index contributed by atoms with van der Waals surface area (Å²) < 4.78 is 19.2. The minimum atomic E-state index is -0.357. The van der Waals surface area contributed by atoms with Crippen molar-refractivity contribution in [2.75, 3.05) is 13.6 Å². The summed E-state index contributed by atoms with van der Waals surface area (Å²) in [5.41, 5.74) is 1.18. The van der Waals surface area contributed by atoms with Crippen LogP contribution in [0.2, 0.25) is 0 Å². The first-order valence-electron chi connectivity index (χ1n) is 8.03. The van der Waals surface area contributed by atoms with Gasteiger partial charge in [0.25, 0.3) is 0 Å². The van der Waals surface area contributed by atoms with E-state index in [9.17, 15) is 4.39 Å². The van der Waals surface area contributed by atoms with E-state index >= 15 is 0 Å². The topological polar surface area (TPSA) is 45.7 Å². The summed E-state index contributed by atoms with van der Waals surface area (Å²) in [7, 11) is 1.72. The van der Waals surface area contributed by atoms with Gasteiger partial charge in [0.1, 0.15) is 6.10 Å². The average molecular weight is 457 g/mol. The summed E-state index contributed by atoms with van der Waals surface area (Å²) in [6, 6.07) is 16.7. The Morgan fingerprint density at radius 2 is 1.72 bits per heavy atom. The molecule has 136 valence electrons. The van der Waals surface area contributed by atoms with Crippen LogP contribution in [0.1, 0.15) is 25.5 Å². The average Bonchev–Trinajstić information content (AvgIpc) is 2.61. The SMILES string of the molecule is CN=C(NCC(C)Oc1ccccc1F)NC(C)c1ccccc1.I. The number of guanidine groups is 1. The fraction of sp³-hybridized carbons (Fsp3) is 0.316. The number of halogens is 2. The molecule has 0 heterocycles. The fourth-order valence-electron chi connectivity index (χ4n) is 2.26. The number of nitrogens with one attached hydrogen (secondary N) is 2. The molecule has 0 aliphatic heterocycles. The van der Waals surface area contributed by atoms with Gasteiger partial charge >= 0.3 is 0 Å². The van der Waals surface area contributed by atoms with Crippen LogP contribution < -0.4 is 15.4 Å². The second-order valence-electron chi connectivity index (χ2n) is 5.59. The number of aliphatic imine (C=N–C) groups is 1. The van der Waals surface area contributed by atoms with E-state index in [0.717, 1.165) is 0 Å². The van der Waals surface area contributed by atoms with Crippen LogP contribution in [0.5, 0.6) is 5.75 Å². The second kappa shape index (κ2) is 10.9. The molecule has 2 N–H and O–H groups in total. The molecular weight excluding hydrogens is 432 g/mol. The van der Waals surface area contributed by atoms with Crippen LogP contribution in [0.15, 0.2) is 59.6 Å². The van der Waals surface area contributed by atoms with Gasteiger partial charge in [0, 0.05) is 7.05 Å². The van der Waals surface area contributed by atoms with Gasteiger partial charge in [-0.05, 0) is 31.5 Å². The maximum Gasteiger partial charge on any atom is 0.191 e. The van der Waals surface area contributed by atoms with E-state index in [2.05, 4.69) is 34.7 Å². The number of rotatable bonds is 6. The van der Waals surface area contributed by atoms with Crippen molar-refractivity contribution in [2.24, 2.45) is 4.99 Å². The Labute approximate surface area is 165 Å². The minimum absolute atomic E-state index is 0. The lowest BCUT2D eigenvalue weighted by atomic mass is 10.1. The molecule has 0 radical (unpaired) electrons. The van der Waals surface area contributed by atoms with Crippen LogP contribution in [0.4, 0.5) is 4.39 Å². The molecule has 6 heteroatoms. The molecule has 0 aliphatic carbocycles. The van der Waals surface area contributed by atoms with Gasteiger partial charge in [0.2, 0.25) is 0 Å². The molecular formula is C19H25FIN3O. The highest BCUT2D eigenvalue weighted by Gasteiger charge is 2.11. The third-order valence-electron chi connectivity index (χ3n) is 3.60. The molecule has 0 fully saturated rings. The largest absolute Gasteiger partial charge is 0.486 e. The molecule has 2 rings (SSSR count). The Kier molecular flexibility index (Phi) is 9.26. The Morgan fingerprint density at radius 1 is 1.08 bits per heavy atom. The van der Waals surface area contributed by atoms with Crippen molar-refractivity contribution in [1.82, 2.24) is 10.6 Å². The molecule has 2 unspecified atom stereocenters. The van der Waals surface area contributed by atoms with Gasteiger partial charge < -0.3 is 15.4 Å². The van der Waals surface area contributed by atoms with E-state index in [-0.39, 0.29) is 47.7 Å². The third kappa shape index (κ3) is 6.89. The van der Waals surface area contributed by atoms with Gasteiger partial charge in [-0.1, -0.05) is 42.5 Å². The van der Waals surface area contributed by atoms with Crippen molar-refractivity contribution < 1.29 is 9.13 Å². The summed E-state index contributed by atoms with van der Waals surface area (Å²) in [4.78, 5) is 4.21. The van der Waals surface area contributed by atoms with E-state index < -0.39 is 0 Å². The van der Waals surface area contributed by atoms with Crippen molar-refractivity contribution in [3.8, 4) is 5.75 Å². The van der Waals surface area contributed by atoms with Crippen LogP contribution in [0.3, 0.4) is 0 Å². The summed E-state index contributed by atoms with van der Waals surface area (Å²) in [5, 5.41) is 6.52. The Balaban J connectivity index is 0.00000312. The zero-order valence-electron chi connectivity index (χ0n) is 14.7. The van der Waals surface area contributed by atoms with Gasteiger partial charge in [-0.25, -0.2) is 4.39 Å². The number of ether oxygens (including phenoxy) is 1. The first-order valence-corrected chi connectivity index (χ1v) is 8.03.